The standard InChI is InChI=1S/C23H29FN2O2S/c1-17(22(28)25-23(2,3)4)26(16-18-10-8-9-13-20(18)24)21(27)14-15-29-19-11-6-5-7-12-19/h5-13,17H,14-16H2,1-4H3,(H,25,28)/t17-/m0/s1. The van der Waals surface area contributed by atoms with Crippen LogP contribution in [0.3, 0.4) is 0 Å². The molecule has 156 valence electrons. The average molecular weight is 417 g/mol. The number of benzene rings is 2. The summed E-state index contributed by atoms with van der Waals surface area (Å²) < 4.78 is 14.2. The van der Waals surface area contributed by atoms with Crippen molar-refractivity contribution in [1.82, 2.24) is 10.2 Å². The molecule has 6 heteroatoms. The van der Waals surface area contributed by atoms with Crippen LogP contribution in [-0.2, 0) is 16.1 Å². The van der Waals surface area contributed by atoms with Crippen molar-refractivity contribution in [2.75, 3.05) is 5.75 Å². The Kier molecular flexibility index (Phi) is 8.26. The molecule has 0 bridgehead atoms. The number of carbonyl (C=O) groups is 2. The van der Waals surface area contributed by atoms with Gasteiger partial charge in [0.15, 0.2) is 0 Å². The zero-order chi connectivity index (χ0) is 21.4. The van der Waals surface area contributed by atoms with Crippen LogP contribution in [0.2, 0.25) is 0 Å². The summed E-state index contributed by atoms with van der Waals surface area (Å²) in [5.41, 5.74) is -0.0201. The van der Waals surface area contributed by atoms with E-state index in [2.05, 4.69) is 5.32 Å². The van der Waals surface area contributed by atoms with Crippen LogP contribution in [0.15, 0.2) is 59.5 Å². The van der Waals surface area contributed by atoms with Crippen molar-refractivity contribution < 1.29 is 14.0 Å². The Balaban J connectivity index is 2.11. The van der Waals surface area contributed by atoms with Crippen LogP contribution >= 0.6 is 11.8 Å². The summed E-state index contributed by atoms with van der Waals surface area (Å²) in [6, 6.07) is 15.5. The second kappa shape index (κ2) is 10.4. The Labute approximate surface area is 176 Å². The van der Waals surface area contributed by atoms with Gasteiger partial charge in [-0.25, -0.2) is 4.39 Å². The maximum atomic E-state index is 14.2. The first kappa shape index (κ1) is 22.9. The van der Waals surface area contributed by atoms with Gasteiger partial charge in [0.2, 0.25) is 11.8 Å². The molecule has 0 aliphatic carbocycles. The molecule has 0 aromatic heterocycles. The Morgan fingerprint density at radius 3 is 2.31 bits per heavy atom. The SMILES string of the molecule is C[C@@H](C(=O)NC(C)(C)C)N(Cc1ccccc1F)C(=O)CCSc1ccccc1. The lowest BCUT2D eigenvalue weighted by Gasteiger charge is -2.31. The van der Waals surface area contributed by atoms with Gasteiger partial charge < -0.3 is 10.2 Å². The third kappa shape index (κ3) is 7.54. The summed E-state index contributed by atoms with van der Waals surface area (Å²) >= 11 is 1.58. The molecule has 1 atom stereocenters. The normalized spacial score (nSPS) is 12.3. The molecule has 2 aromatic rings. The van der Waals surface area contributed by atoms with Crippen LogP contribution in [0.25, 0.3) is 0 Å². The van der Waals surface area contributed by atoms with Crippen LogP contribution in [0.5, 0.6) is 0 Å². The summed E-state index contributed by atoms with van der Waals surface area (Å²) in [4.78, 5) is 28.2. The number of rotatable bonds is 8. The lowest BCUT2D eigenvalue weighted by Crippen LogP contribution is -2.52. The molecule has 0 saturated carbocycles. The molecule has 0 spiro atoms. The summed E-state index contributed by atoms with van der Waals surface area (Å²) in [6.45, 7) is 7.40. The predicted octanol–water partition coefficient (Wildman–Crippen LogP) is 4.64. The molecule has 0 aliphatic heterocycles. The maximum Gasteiger partial charge on any atom is 0.242 e. The van der Waals surface area contributed by atoms with E-state index in [1.807, 2.05) is 51.1 Å². The number of hydrogen-bond donors (Lipinski definition) is 1. The van der Waals surface area contributed by atoms with Gasteiger partial charge in [0.05, 0.1) is 0 Å². The van der Waals surface area contributed by atoms with E-state index in [-0.39, 0.29) is 30.6 Å². The van der Waals surface area contributed by atoms with Gasteiger partial charge in [-0.2, -0.15) is 0 Å². The van der Waals surface area contributed by atoms with Crippen molar-refractivity contribution in [1.29, 1.82) is 0 Å². The van der Waals surface area contributed by atoms with Crippen LogP contribution in [0, 0.1) is 5.82 Å². The Morgan fingerprint density at radius 1 is 1.07 bits per heavy atom. The number of thioether (sulfide) groups is 1. The molecular formula is C23H29FN2O2S. The summed E-state index contributed by atoms with van der Waals surface area (Å²) in [6.07, 6.45) is 0.265. The van der Waals surface area contributed by atoms with Crippen LogP contribution in [-0.4, -0.2) is 34.0 Å². The van der Waals surface area contributed by atoms with Gasteiger partial charge in [-0.05, 0) is 45.9 Å². The third-order valence-corrected chi connectivity index (χ3v) is 5.31. The summed E-state index contributed by atoms with van der Waals surface area (Å²) in [5.74, 6) is -0.219. The first-order valence-corrected chi connectivity index (χ1v) is 10.7. The minimum absolute atomic E-state index is 0.0558. The highest BCUT2D eigenvalue weighted by molar-refractivity contribution is 7.99. The maximum absolute atomic E-state index is 14.2. The lowest BCUT2D eigenvalue weighted by atomic mass is 10.1. The van der Waals surface area contributed by atoms with E-state index in [0.717, 1.165) is 4.90 Å². The average Bonchev–Trinajstić information content (AvgIpc) is 2.66. The lowest BCUT2D eigenvalue weighted by molar-refractivity contribution is -0.141. The highest BCUT2D eigenvalue weighted by atomic mass is 32.2. The van der Waals surface area contributed by atoms with Crippen molar-refractivity contribution in [2.24, 2.45) is 0 Å². The van der Waals surface area contributed by atoms with Gasteiger partial charge in [-0.15, -0.1) is 11.8 Å². The molecule has 0 heterocycles. The van der Waals surface area contributed by atoms with Crippen LogP contribution < -0.4 is 5.32 Å². The smallest absolute Gasteiger partial charge is 0.242 e. The van der Waals surface area contributed by atoms with Crippen molar-refractivity contribution in [3.05, 3.63) is 66.0 Å². The molecule has 2 aromatic carbocycles. The Bertz CT molecular complexity index is 821. The fourth-order valence-corrected chi connectivity index (χ4v) is 3.65. The van der Waals surface area contributed by atoms with Crippen molar-refractivity contribution in [3.63, 3.8) is 0 Å². The van der Waals surface area contributed by atoms with Crippen molar-refractivity contribution in [2.45, 2.75) is 57.1 Å². The molecule has 0 saturated heterocycles. The highest BCUT2D eigenvalue weighted by Gasteiger charge is 2.28. The van der Waals surface area contributed by atoms with E-state index in [9.17, 15) is 14.0 Å². The van der Waals surface area contributed by atoms with E-state index in [1.54, 1.807) is 36.9 Å². The second-order valence-electron chi connectivity index (χ2n) is 7.94. The number of amides is 2. The monoisotopic (exact) mass is 416 g/mol. The minimum atomic E-state index is -0.706. The quantitative estimate of drug-likeness (QED) is 0.638. The zero-order valence-electron chi connectivity index (χ0n) is 17.4. The van der Waals surface area contributed by atoms with Crippen molar-refractivity contribution >= 4 is 23.6 Å². The number of hydrogen-bond acceptors (Lipinski definition) is 3. The van der Waals surface area contributed by atoms with Crippen LogP contribution in [0.4, 0.5) is 4.39 Å². The van der Waals surface area contributed by atoms with Gasteiger partial charge in [0.25, 0.3) is 0 Å². The molecule has 0 fully saturated rings. The fraction of sp³-hybridized carbons (Fsp3) is 0.391. The minimum Gasteiger partial charge on any atom is -0.350 e. The topological polar surface area (TPSA) is 49.4 Å². The molecule has 2 amide bonds. The van der Waals surface area contributed by atoms with Gasteiger partial charge in [0.1, 0.15) is 11.9 Å². The molecule has 0 aliphatic rings. The largest absolute Gasteiger partial charge is 0.350 e. The Morgan fingerprint density at radius 2 is 1.69 bits per heavy atom. The first-order valence-electron chi connectivity index (χ1n) is 9.70. The molecule has 4 nitrogen and oxygen atoms in total. The second-order valence-corrected chi connectivity index (χ2v) is 9.11. The molecule has 0 unspecified atom stereocenters. The van der Waals surface area contributed by atoms with Crippen molar-refractivity contribution in [3.8, 4) is 0 Å². The van der Waals surface area contributed by atoms with Gasteiger partial charge >= 0.3 is 0 Å². The summed E-state index contributed by atoms with van der Waals surface area (Å²) in [7, 11) is 0. The van der Waals surface area contributed by atoms with E-state index in [4.69, 9.17) is 0 Å². The molecular weight excluding hydrogens is 387 g/mol. The molecule has 1 N–H and O–H groups in total. The zero-order valence-corrected chi connectivity index (χ0v) is 18.3. The van der Waals surface area contributed by atoms with E-state index in [1.165, 1.54) is 11.0 Å². The molecule has 0 radical (unpaired) electrons. The Hall–Kier alpha value is -2.34. The number of halogens is 1. The van der Waals surface area contributed by atoms with Gasteiger partial charge in [-0.3, -0.25) is 9.59 Å². The molecule has 29 heavy (non-hydrogen) atoms. The number of nitrogens with zero attached hydrogens (tertiary/aromatic N) is 1. The van der Waals surface area contributed by atoms with E-state index in [0.29, 0.717) is 11.3 Å². The predicted molar refractivity (Wildman–Crippen MR) is 116 cm³/mol. The van der Waals surface area contributed by atoms with E-state index < -0.39 is 11.6 Å². The fourth-order valence-electron chi connectivity index (χ4n) is 2.78. The molecule has 2 rings (SSSR count). The number of nitrogens with one attached hydrogen (secondary N) is 1. The summed E-state index contributed by atoms with van der Waals surface area (Å²) in [5, 5.41) is 2.90. The third-order valence-electron chi connectivity index (χ3n) is 4.29. The van der Waals surface area contributed by atoms with Gasteiger partial charge in [-0.1, -0.05) is 36.4 Å². The highest BCUT2D eigenvalue weighted by Crippen LogP contribution is 2.20. The first-order chi connectivity index (χ1) is 13.7. The number of carbonyl (C=O) groups excluding carboxylic acids is 2. The van der Waals surface area contributed by atoms with Crippen LogP contribution in [0.1, 0.15) is 39.7 Å². The van der Waals surface area contributed by atoms with E-state index >= 15 is 0 Å². The van der Waals surface area contributed by atoms with Gasteiger partial charge in [0, 0.05) is 34.7 Å².